The van der Waals surface area contributed by atoms with E-state index in [1.807, 2.05) is 30.3 Å². The standard InChI is InChI=1S/C15H19NO6/c1-10(18)22-13(8-14(19)20)15(21)16-12(9-17)7-11-5-3-2-4-6-11/h2-6,12-13,17H,7-9H2,1H3,(H,16,21)(H,19,20)/t12-,13+/m1/s1. The molecule has 0 aliphatic carbocycles. The lowest BCUT2D eigenvalue weighted by atomic mass is 10.1. The zero-order chi connectivity index (χ0) is 16.5. The van der Waals surface area contributed by atoms with E-state index >= 15 is 0 Å². The summed E-state index contributed by atoms with van der Waals surface area (Å²) in [5.41, 5.74) is 0.907. The molecule has 0 aliphatic rings. The van der Waals surface area contributed by atoms with Gasteiger partial charge < -0.3 is 20.3 Å². The number of aliphatic hydroxyl groups is 1. The molecule has 1 aromatic rings. The number of amides is 1. The van der Waals surface area contributed by atoms with Gasteiger partial charge in [0.2, 0.25) is 0 Å². The topological polar surface area (TPSA) is 113 Å². The van der Waals surface area contributed by atoms with Crippen molar-refractivity contribution in [2.75, 3.05) is 6.61 Å². The Morgan fingerprint density at radius 2 is 1.86 bits per heavy atom. The third-order valence-electron chi connectivity index (χ3n) is 2.85. The monoisotopic (exact) mass is 309 g/mol. The van der Waals surface area contributed by atoms with Crippen molar-refractivity contribution in [3.05, 3.63) is 35.9 Å². The highest BCUT2D eigenvalue weighted by Crippen LogP contribution is 2.05. The van der Waals surface area contributed by atoms with Gasteiger partial charge in [0.1, 0.15) is 0 Å². The summed E-state index contributed by atoms with van der Waals surface area (Å²) in [4.78, 5) is 33.7. The first kappa shape index (κ1) is 17.6. The Kier molecular flexibility index (Phi) is 7.04. The number of carbonyl (C=O) groups excluding carboxylic acids is 2. The number of aliphatic hydroxyl groups excluding tert-OH is 1. The minimum absolute atomic E-state index is 0.319. The van der Waals surface area contributed by atoms with Gasteiger partial charge in [0, 0.05) is 6.92 Å². The Morgan fingerprint density at radius 3 is 2.36 bits per heavy atom. The largest absolute Gasteiger partial charge is 0.481 e. The smallest absolute Gasteiger partial charge is 0.307 e. The van der Waals surface area contributed by atoms with Crippen LogP contribution in [-0.4, -0.2) is 46.8 Å². The molecule has 3 N–H and O–H groups in total. The number of esters is 1. The zero-order valence-corrected chi connectivity index (χ0v) is 12.2. The normalized spacial score (nSPS) is 13.0. The number of hydrogen-bond donors (Lipinski definition) is 3. The zero-order valence-electron chi connectivity index (χ0n) is 12.2. The Balaban J connectivity index is 2.67. The first-order valence-corrected chi connectivity index (χ1v) is 6.76. The van der Waals surface area contributed by atoms with Gasteiger partial charge in [0.15, 0.2) is 6.10 Å². The van der Waals surface area contributed by atoms with Crippen LogP contribution in [0.25, 0.3) is 0 Å². The molecule has 0 unspecified atom stereocenters. The number of carboxylic acid groups (broad SMARTS) is 1. The van der Waals surface area contributed by atoms with Crippen LogP contribution in [0.2, 0.25) is 0 Å². The molecule has 7 nitrogen and oxygen atoms in total. The molecule has 0 aliphatic heterocycles. The van der Waals surface area contributed by atoms with Gasteiger partial charge in [0.25, 0.3) is 5.91 Å². The van der Waals surface area contributed by atoms with Crippen molar-refractivity contribution in [1.82, 2.24) is 5.32 Å². The van der Waals surface area contributed by atoms with Gasteiger partial charge in [-0.25, -0.2) is 0 Å². The third kappa shape index (κ3) is 6.36. The fourth-order valence-electron chi connectivity index (χ4n) is 1.90. The molecule has 0 aromatic heterocycles. The number of rotatable bonds is 8. The first-order chi connectivity index (χ1) is 10.4. The van der Waals surface area contributed by atoms with Crippen LogP contribution in [0.1, 0.15) is 18.9 Å². The van der Waals surface area contributed by atoms with Crippen LogP contribution >= 0.6 is 0 Å². The van der Waals surface area contributed by atoms with E-state index in [1.54, 1.807) is 0 Å². The lowest BCUT2D eigenvalue weighted by Crippen LogP contribution is -2.46. The molecule has 0 bridgehead atoms. The Hall–Kier alpha value is -2.41. The predicted molar refractivity (Wildman–Crippen MR) is 77.0 cm³/mol. The van der Waals surface area contributed by atoms with E-state index in [1.165, 1.54) is 0 Å². The minimum atomic E-state index is -1.42. The number of nitrogens with one attached hydrogen (secondary N) is 1. The molecule has 0 fully saturated rings. The van der Waals surface area contributed by atoms with E-state index in [9.17, 15) is 19.5 Å². The highest BCUT2D eigenvalue weighted by Gasteiger charge is 2.26. The van der Waals surface area contributed by atoms with Crippen LogP contribution in [-0.2, 0) is 25.5 Å². The van der Waals surface area contributed by atoms with Crippen molar-refractivity contribution in [2.24, 2.45) is 0 Å². The van der Waals surface area contributed by atoms with E-state index in [0.29, 0.717) is 6.42 Å². The lowest BCUT2D eigenvalue weighted by Gasteiger charge is -2.20. The maximum absolute atomic E-state index is 12.0. The fraction of sp³-hybridized carbons (Fsp3) is 0.400. The van der Waals surface area contributed by atoms with Crippen molar-refractivity contribution in [3.8, 4) is 0 Å². The van der Waals surface area contributed by atoms with Crippen LogP contribution in [0.5, 0.6) is 0 Å². The lowest BCUT2D eigenvalue weighted by molar-refractivity contribution is -0.158. The van der Waals surface area contributed by atoms with Gasteiger partial charge in [-0.05, 0) is 12.0 Å². The van der Waals surface area contributed by atoms with Gasteiger partial charge >= 0.3 is 11.9 Å². The second-order valence-electron chi connectivity index (χ2n) is 4.77. The molecular formula is C15H19NO6. The molecule has 0 saturated heterocycles. The Morgan fingerprint density at radius 1 is 1.23 bits per heavy atom. The van der Waals surface area contributed by atoms with Crippen LogP contribution in [0, 0.1) is 0 Å². The number of hydrogen-bond acceptors (Lipinski definition) is 5. The molecule has 0 spiro atoms. The van der Waals surface area contributed by atoms with E-state index in [2.05, 4.69) is 5.32 Å². The van der Waals surface area contributed by atoms with Crippen molar-refractivity contribution in [2.45, 2.75) is 31.9 Å². The summed E-state index contributed by atoms with van der Waals surface area (Å²) < 4.78 is 4.71. The van der Waals surface area contributed by atoms with E-state index < -0.39 is 36.4 Å². The highest BCUT2D eigenvalue weighted by atomic mass is 16.5. The molecule has 1 rings (SSSR count). The van der Waals surface area contributed by atoms with Crippen LogP contribution in [0.15, 0.2) is 30.3 Å². The minimum Gasteiger partial charge on any atom is -0.481 e. The van der Waals surface area contributed by atoms with Crippen LogP contribution < -0.4 is 5.32 Å². The fourth-order valence-corrected chi connectivity index (χ4v) is 1.90. The molecule has 22 heavy (non-hydrogen) atoms. The van der Waals surface area contributed by atoms with Crippen LogP contribution in [0.3, 0.4) is 0 Å². The summed E-state index contributed by atoms with van der Waals surface area (Å²) >= 11 is 0. The Bertz CT molecular complexity index is 500. The average Bonchev–Trinajstić information content (AvgIpc) is 2.45. The van der Waals surface area contributed by atoms with E-state index in [-0.39, 0.29) is 6.61 Å². The SMILES string of the molecule is CC(=O)O[C@@H](CC(=O)O)C(=O)N[C@@H](CO)Cc1ccccc1. The van der Waals surface area contributed by atoms with Gasteiger partial charge in [-0.1, -0.05) is 30.3 Å². The molecule has 0 heterocycles. The summed E-state index contributed by atoms with van der Waals surface area (Å²) in [6.45, 7) is 0.774. The number of benzene rings is 1. The summed E-state index contributed by atoms with van der Waals surface area (Å²) in [6.07, 6.45) is -1.67. The van der Waals surface area contributed by atoms with Gasteiger partial charge in [0.05, 0.1) is 19.1 Å². The maximum atomic E-state index is 12.0. The molecule has 7 heteroatoms. The van der Waals surface area contributed by atoms with Gasteiger partial charge in [-0.2, -0.15) is 0 Å². The second-order valence-corrected chi connectivity index (χ2v) is 4.77. The molecular weight excluding hydrogens is 290 g/mol. The van der Waals surface area contributed by atoms with Gasteiger partial charge in [-0.3, -0.25) is 14.4 Å². The number of carboxylic acids is 1. The molecule has 0 saturated carbocycles. The van der Waals surface area contributed by atoms with Crippen LogP contribution in [0.4, 0.5) is 0 Å². The van der Waals surface area contributed by atoms with Crippen molar-refractivity contribution >= 4 is 17.8 Å². The first-order valence-electron chi connectivity index (χ1n) is 6.76. The number of aliphatic carboxylic acids is 1. The van der Waals surface area contributed by atoms with Crippen molar-refractivity contribution in [3.63, 3.8) is 0 Å². The van der Waals surface area contributed by atoms with Crippen molar-refractivity contribution < 1.29 is 29.3 Å². The van der Waals surface area contributed by atoms with Crippen molar-refractivity contribution in [1.29, 1.82) is 0 Å². The molecule has 1 amide bonds. The van der Waals surface area contributed by atoms with Gasteiger partial charge in [-0.15, -0.1) is 0 Å². The Labute approximate surface area is 127 Å². The summed E-state index contributed by atoms with van der Waals surface area (Å²) in [5, 5.41) is 20.6. The molecule has 2 atom stereocenters. The molecule has 0 radical (unpaired) electrons. The molecule has 120 valence electrons. The second kappa shape index (κ2) is 8.78. The quantitative estimate of drug-likeness (QED) is 0.588. The molecule has 1 aromatic carbocycles. The van der Waals surface area contributed by atoms with E-state index in [4.69, 9.17) is 9.84 Å². The average molecular weight is 309 g/mol. The summed E-state index contributed by atoms with van der Waals surface area (Å²) in [5.74, 6) is -2.75. The number of ether oxygens (including phenoxy) is 1. The maximum Gasteiger partial charge on any atom is 0.307 e. The number of carbonyl (C=O) groups is 3. The van der Waals surface area contributed by atoms with E-state index in [0.717, 1.165) is 12.5 Å². The summed E-state index contributed by atoms with van der Waals surface area (Å²) in [6, 6.07) is 8.60. The highest BCUT2D eigenvalue weighted by molar-refractivity contribution is 5.87. The summed E-state index contributed by atoms with van der Waals surface area (Å²) in [7, 11) is 0. The predicted octanol–water partition coefficient (Wildman–Crippen LogP) is 0.113. The third-order valence-corrected chi connectivity index (χ3v) is 2.85.